The number of sulfonamides is 2. The second kappa shape index (κ2) is 7.34. The summed E-state index contributed by atoms with van der Waals surface area (Å²) in [5, 5.41) is 0. The molecule has 0 bridgehead atoms. The summed E-state index contributed by atoms with van der Waals surface area (Å²) in [7, 11) is -7.10. The molecule has 25 heavy (non-hydrogen) atoms. The highest BCUT2D eigenvalue weighted by atomic mass is 32.2. The summed E-state index contributed by atoms with van der Waals surface area (Å²) in [5.41, 5.74) is 0. The number of benzene rings is 1. The van der Waals surface area contributed by atoms with Crippen LogP contribution in [-0.4, -0.2) is 51.1 Å². The summed E-state index contributed by atoms with van der Waals surface area (Å²) >= 11 is 0. The molecule has 0 radical (unpaired) electrons. The van der Waals surface area contributed by atoms with Gasteiger partial charge in [0.15, 0.2) is 0 Å². The minimum atomic E-state index is -3.58. The van der Waals surface area contributed by atoms with E-state index in [9.17, 15) is 16.8 Å². The van der Waals surface area contributed by atoms with Crippen molar-refractivity contribution in [3.05, 3.63) is 24.3 Å². The number of piperidine rings is 1. The highest BCUT2D eigenvalue weighted by molar-refractivity contribution is 7.89. The molecule has 1 atom stereocenters. The lowest BCUT2D eigenvalue weighted by molar-refractivity contribution is 0.246. The fraction of sp³-hybridized carbons (Fsp3) is 0.647. The molecule has 0 aliphatic carbocycles. The zero-order chi connectivity index (χ0) is 18.1. The van der Waals surface area contributed by atoms with E-state index in [0.29, 0.717) is 19.6 Å². The van der Waals surface area contributed by atoms with E-state index in [1.54, 1.807) is 4.31 Å². The van der Waals surface area contributed by atoms with Crippen molar-refractivity contribution in [3.8, 4) is 0 Å². The van der Waals surface area contributed by atoms with Crippen LogP contribution in [0.5, 0.6) is 0 Å². The number of nitrogens with zero attached hydrogens (tertiary/aromatic N) is 2. The lowest BCUT2D eigenvalue weighted by Gasteiger charge is -2.34. The van der Waals surface area contributed by atoms with Gasteiger partial charge in [-0.05, 0) is 56.4 Å². The molecule has 0 saturated carbocycles. The van der Waals surface area contributed by atoms with Crippen LogP contribution in [0, 0.1) is 0 Å². The van der Waals surface area contributed by atoms with Crippen LogP contribution in [0.1, 0.15) is 45.4 Å². The lowest BCUT2D eigenvalue weighted by atomic mass is 10.0. The molecule has 0 N–H and O–H groups in total. The van der Waals surface area contributed by atoms with Gasteiger partial charge in [-0.3, -0.25) is 0 Å². The molecule has 2 heterocycles. The third-order valence-electron chi connectivity index (χ3n) is 5.18. The summed E-state index contributed by atoms with van der Waals surface area (Å²) in [5.74, 6) is 0. The van der Waals surface area contributed by atoms with Gasteiger partial charge in [-0.25, -0.2) is 16.8 Å². The van der Waals surface area contributed by atoms with E-state index in [1.807, 2.05) is 6.92 Å². The minimum absolute atomic E-state index is 0.0340. The van der Waals surface area contributed by atoms with Crippen LogP contribution in [0.4, 0.5) is 0 Å². The smallest absolute Gasteiger partial charge is 0.207 e. The van der Waals surface area contributed by atoms with Gasteiger partial charge in [0.2, 0.25) is 20.0 Å². The largest absolute Gasteiger partial charge is 0.243 e. The Labute approximate surface area is 150 Å². The first-order valence-electron chi connectivity index (χ1n) is 8.99. The van der Waals surface area contributed by atoms with E-state index in [2.05, 4.69) is 0 Å². The van der Waals surface area contributed by atoms with Crippen LogP contribution in [0.2, 0.25) is 0 Å². The highest BCUT2D eigenvalue weighted by Gasteiger charge is 2.33. The average molecular weight is 387 g/mol. The molecule has 0 spiro atoms. The average Bonchev–Trinajstić information content (AvgIpc) is 3.17. The summed E-state index contributed by atoms with van der Waals surface area (Å²) in [6.45, 7) is 3.61. The standard InChI is InChI=1S/C17H26N2O4S2/c1-2-15-7-3-4-14-19(15)25(22,23)17-10-8-16(9-11-17)24(20,21)18-12-5-6-13-18/h8-11,15H,2-7,12-14H2,1H3. The van der Waals surface area contributed by atoms with Crippen LogP contribution in [-0.2, 0) is 20.0 Å². The van der Waals surface area contributed by atoms with Crippen molar-refractivity contribution in [3.63, 3.8) is 0 Å². The zero-order valence-electron chi connectivity index (χ0n) is 14.6. The number of hydrogen-bond acceptors (Lipinski definition) is 4. The third kappa shape index (κ3) is 3.63. The van der Waals surface area contributed by atoms with Crippen molar-refractivity contribution in [2.24, 2.45) is 0 Å². The maximum atomic E-state index is 12.9. The van der Waals surface area contributed by atoms with Gasteiger partial charge in [0.1, 0.15) is 0 Å². The molecule has 2 saturated heterocycles. The van der Waals surface area contributed by atoms with E-state index in [1.165, 1.54) is 28.6 Å². The summed E-state index contributed by atoms with van der Waals surface area (Å²) in [6, 6.07) is 5.74. The predicted octanol–water partition coefficient (Wildman–Crippen LogP) is 2.42. The molecule has 1 unspecified atom stereocenters. The molecule has 6 nitrogen and oxygen atoms in total. The van der Waals surface area contributed by atoms with E-state index in [4.69, 9.17) is 0 Å². The van der Waals surface area contributed by atoms with Gasteiger partial charge in [0.25, 0.3) is 0 Å². The molecular weight excluding hydrogens is 360 g/mol. The fourth-order valence-corrected chi connectivity index (χ4v) is 6.98. The van der Waals surface area contributed by atoms with Crippen LogP contribution in [0.3, 0.4) is 0 Å². The molecule has 2 fully saturated rings. The van der Waals surface area contributed by atoms with Crippen LogP contribution >= 0.6 is 0 Å². The highest BCUT2D eigenvalue weighted by Crippen LogP contribution is 2.28. The van der Waals surface area contributed by atoms with Crippen molar-refractivity contribution in [1.29, 1.82) is 0 Å². The maximum Gasteiger partial charge on any atom is 0.243 e. The van der Waals surface area contributed by atoms with Gasteiger partial charge >= 0.3 is 0 Å². The van der Waals surface area contributed by atoms with Gasteiger partial charge < -0.3 is 0 Å². The summed E-state index contributed by atoms with van der Waals surface area (Å²) in [4.78, 5) is 0.340. The first-order chi connectivity index (χ1) is 11.9. The lowest BCUT2D eigenvalue weighted by Crippen LogP contribution is -2.43. The predicted molar refractivity (Wildman–Crippen MR) is 96.3 cm³/mol. The molecule has 0 amide bonds. The number of hydrogen-bond donors (Lipinski definition) is 0. The normalized spacial score (nSPS) is 23.8. The van der Waals surface area contributed by atoms with E-state index < -0.39 is 20.0 Å². The van der Waals surface area contributed by atoms with E-state index in [0.717, 1.165) is 38.5 Å². The maximum absolute atomic E-state index is 12.9. The van der Waals surface area contributed by atoms with Gasteiger partial charge in [-0.2, -0.15) is 8.61 Å². The Morgan fingerprint density at radius 1 is 0.840 bits per heavy atom. The molecule has 0 aromatic heterocycles. The van der Waals surface area contributed by atoms with Crippen LogP contribution in [0.25, 0.3) is 0 Å². The summed E-state index contributed by atoms with van der Waals surface area (Å²) in [6.07, 6.45) is 5.35. The van der Waals surface area contributed by atoms with Crippen LogP contribution < -0.4 is 0 Å². The second-order valence-corrected chi connectivity index (χ2v) is 10.6. The topological polar surface area (TPSA) is 74.8 Å². The number of rotatable bonds is 5. The van der Waals surface area contributed by atoms with Gasteiger partial charge in [-0.15, -0.1) is 0 Å². The van der Waals surface area contributed by atoms with Crippen molar-refractivity contribution in [2.45, 2.75) is 61.3 Å². The molecule has 140 valence electrons. The zero-order valence-corrected chi connectivity index (χ0v) is 16.2. The Hall–Kier alpha value is -0.960. The molecule has 1 aromatic rings. The summed E-state index contributed by atoms with van der Waals surface area (Å²) < 4.78 is 54.1. The van der Waals surface area contributed by atoms with E-state index in [-0.39, 0.29) is 15.8 Å². The second-order valence-electron chi connectivity index (χ2n) is 6.76. The molecule has 1 aromatic carbocycles. The van der Waals surface area contributed by atoms with Crippen molar-refractivity contribution >= 4 is 20.0 Å². The quantitative estimate of drug-likeness (QED) is 0.779. The Morgan fingerprint density at radius 3 is 1.92 bits per heavy atom. The van der Waals surface area contributed by atoms with Crippen molar-refractivity contribution in [2.75, 3.05) is 19.6 Å². The fourth-order valence-electron chi connectivity index (χ4n) is 3.69. The molecule has 2 aliphatic rings. The van der Waals surface area contributed by atoms with Gasteiger partial charge in [0, 0.05) is 25.7 Å². The first kappa shape index (κ1) is 18.8. The Morgan fingerprint density at radius 2 is 1.36 bits per heavy atom. The SMILES string of the molecule is CCC1CCCCN1S(=O)(=O)c1ccc(S(=O)(=O)N2CCCC2)cc1. The Kier molecular flexibility index (Phi) is 5.53. The van der Waals surface area contributed by atoms with E-state index >= 15 is 0 Å². The van der Waals surface area contributed by atoms with Gasteiger partial charge in [0.05, 0.1) is 9.79 Å². The van der Waals surface area contributed by atoms with Crippen LogP contribution in [0.15, 0.2) is 34.1 Å². The van der Waals surface area contributed by atoms with Gasteiger partial charge in [-0.1, -0.05) is 13.3 Å². The molecule has 3 rings (SSSR count). The Balaban J connectivity index is 1.86. The van der Waals surface area contributed by atoms with Crippen molar-refractivity contribution in [1.82, 2.24) is 8.61 Å². The third-order valence-corrected chi connectivity index (χ3v) is 9.06. The monoisotopic (exact) mass is 386 g/mol. The first-order valence-corrected chi connectivity index (χ1v) is 11.9. The Bertz CT molecular complexity index is 798. The van der Waals surface area contributed by atoms with Crippen molar-refractivity contribution < 1.29 is 16.8 Å². The molecule has 2 aliphatic heterocycles. The molecule has 8 heteroatoms. The molecular formula is C17H26N2O4S2. The minimum Gasteiger partial charge on any atom is -0.207 e.